The van der Waals surface area contributed by atoms with Crippen molar-refractivity contribution in [1.29, 1.82) is 0 Å². The number of amides is 1. The molecule has 0 spiro atoms. The molecule has 152 valence electrons. The van der Waals surface area contributed by atoms with Crippen LogP contribution in [0.3, 0.4) is 0 Å². The molecule has 3 aromatic rings. The van der Waals surface area contributed by atoms with Crippen LogP contribution >= 0.6 is 0 Å². The van der Waals surface area contributed by atoms with E-state index in [0.29, 0.717) is 23.8 Å². The van der Waals surface area contributed by atoms with Crippen LogP contribution in [0.1, 0.15) is 18.1 Å². The Balaban J connectivity index is 1.62. The summed E-state index contributed by atoms with van der Waals surface area (Å²) in [5.74, 6) is 0.597. The fourth-order valence-electron chi connectivity index (χ4n) is 2.60. The van der Waals surface area contributed by atoms with Crippen LogP contribution in [0, 0.1) is 0 Å². The van der Waals surface area contributed by atoms with Crippen LogP contribution in [0.5, 0.6) is 5.88 Å². The Morgan fingerprint density at radius 1 is 1.24 bits per heavy atom. The van der Waals surface area contributed by atoms with Gasteiger partial charge in [0, 0.05) is 37.1 Å². The second-order valence-electron chi connectivity index (χ2n) is 5.95. The van der Waals surface area contributed by atoms with Crippen molar-refractivity contribution in [3.8, 4) is 17.1 Å². The molecule has 1 aromatic carbocycles. The molecular weight excluding hydrogens is 387 g/mol. The average Bonchev–Trinajstić information content (AvgIpc) is 3.15. The quantitative estimate of drug-likeness (QED) is 0.571. The lowest BCUT2D eigenvalue weighted by atomic mass is 10.1. The van der Waals surface area contributed by atoms with E-state index in [1.54, 1.807) is 24.5 Å². The summed E-state index contributed by atoms with van der Waals surface area (Å²) in [5.41, 5.74) is 0.419. The number of alkyl halides is 3. The Bertz CT molecular complexity index is 988. The van der Waals surface area contributed by atoms with Gasteiger partial charge >= 0.3 is 12.3 Å². The van der Waals surface area contributed by atoms with Gasteiger partial charge in [0.2, 0.25) is 11.8 Å². The van der Waals surface area contributed by atoms with Crippen molar-refractivity contribution in [3.05, 3.63) is 59.9 Å². The van der Waals surface area contributed by atoms with E-state index in [1.165, 1.54) is 18.2 Å². The number of hydrogen-bond donors (Lipinski definition) is 3. The summed E-state index contributed by atoms with van der Waals surface area (Å²) in [4.78, 5) is 23.1. The number of carbonyl (C=O) groups is 1. The van der Waals surface area contributed by atoms with Gasteiger partial charge in [-0.3, -0.25) is 0 Å². The molecule has 0 saturated carbocycles. The van der Waals surface area contributed by atoms with Crippen molar-refractivity contribution in [3.63, 3.8) is 0 Å². The van der Waals surface area contributed by atoms with Crippen LogP contribution in [0.15, 0.2) is 48.8 Å². The molecule has 10 heteroatoms. The topological polar surface area (TPSA) is 91.9 Å². The highest BCUT2D eigenvalue weighted by Crippen LogP contribution is 2.31. The molecule has 3 N–H and O–H groups in total. The van der Waals surface area contributed by atoms with Gasteiger partial charge in [0.15, 0.2) is 0 Å². The first kappa shape index (κ1) is 20.2. The first-order chi connectivity index (χ1) is 13.9. The van der Waals surface area contributed by atoms with E-state index in [0.717, 1.165) is 6.07 Å². The van der Waals surface area contributed by atoms with Crippen molar-refractivity contribution < 1.29 is 22.7 Å². The monoisotopic (exact) mass is 405 g/mol. The van der Waals surface area contributed by atoms with Gasteiger partial charge in [-0.25, -0.2) is 14.8 Å². The first-order valence-corrected chi connectivity index (χ1v) is 8.73. The summed E-state index contributed by atoms with van der Waals surface area (Å²) in [6.07, 6.45) is -2.19. The molecule has 0 atom stereocenters. The predicted molar refractivity (Wildman–Crippen MR) is 100 cm³/mol. The van der Waals surface area contributed by atoms with E-state index in [9.17, 15) is 18.0 Å². The molecule has 0 bridgehead atoms. The van der Waals surface area contributed by atoms with Crippen LogP contribution in [-0.2, 0) is 12.7 Å². The fraction of sp³-hybridized carbons (Fsp3) is 0.211. The van der Waals surface area contributed by atoms with E-state index in [1.807, 2.05) is 6.92 Å². The molecule has 29 heavy (non-hydrogen) atoms. The van der Waals surface area contributed by atoms with Crippen LogP contribution in [0.4, 0.5) is 23.9 Å². The van der Waals surface area contributed by atoms with Crippen LogP contribution in [0.2, 0.25) is 0 Å². The summed E-state index contributed by atoms with van der Waals surface area (Å²) >= 11 is 0. The number of nitrogens with zero attached hydrogens (tertiary/aromatic N) is 2. The number of rotatable bonds is 6. The third-order valence-electron chi connectivity index (χ3n) is 3.89. The third-order valence-corrected chi connectivity index (χ3v) is 3.89. The number of H-pyrrole nitrogens is 1. The van der Waals surface area contributed by atoms with Crippen molar-refractivity contribution in [2.75, 3.05) is 11.9 Å². The minimum atomic E-state index is -4.50. The molecule has 0 aliphatic heterocycles. The van der Waals surface area contributed by atoms with E-state index < -0.39 is 17.8 Å². The molecule has 3 rings (SSSR count). The molecule has 0 saturated heterocycles. The zero-order chi connectivity index (χ0) is 20.9. The number of aromatic nitrogens is 3. The summed E-state index contributed by atoms with van der Waals surface area (Å²) in [5, 5.41) is 5.31. The maximum Gasteiger partial charge on any atom is 0.416 e. The van der Waals surface area contributed by atoms with Crippen molar-refractivity contribution >= 4 is 12.0 Å². The van der Waals surface area contributed by atoms with Gasteiger partial charge in [0.25, 0.3) is 0 Å². The standard InChI is InChI=1S/C19H18F3N5O2/c1-2-23-17-24-8-7-15(27-17)13-9-16(25-11-13)29-18(28)26-10-12-5-3-4-6-14(12)19(20,21)22/h3-9,11,25H,2,10H2,1H3,(H,26,28)(H,23,24,27). The van der Waals surface area contributed by atoms with Crippen molar-refractivity contribution in [2.24, 2.45) is 0 Å². The lowest BCUT2D eigenvalue weighted by Gasteiger charge is -2.13. The number of carbonyl (C=O) groups excluding carboxylic acids is 1. The molecule has 0 aliphatic carbocycles. The Morgan fingerprint density at radius 3 is 2.79 bits per heavy atom. The van der Waals surface area contributed by atoms with Gasteiger partial charge in [0.05, 0.1) is 11.3 Å². The van der Waals surface area contributed by atoms with Gasteiger partial charge in [0.1, 0.15) is 0 Å². The molecule has 2 heterocycles. The van der Waals surface area contributed by atoms with Crippen LogP contribution in [-0.4, -0.2) is 27.6 Å². The smallest absolute Gasteiger partial charge is 0.393 e. The second kappa shape index (κ2) is 8.63. The molecule has 2 aromatic heterocycles. The summed E-state index contributed by atoms with van der Waals surface area (Å²) in [7, 11) is 0. The molecule has 0 aliphatic rings. The highest BCUT2D eigenvalue weighted by molar-refractivity contribution is 5.71. The number of anilines is 1. The molecule has 0 radical (unpaired) electrons. The van der Waals surface area contributed by atoms with E-state index >= 15 is 0 Å². The SMILES string of the molecule is CCNc1nccc(-c2c[nH]c(OC(=O)NCc3ccccc3C(F)(F)F)c2)n1. The Morgan fingerprint density at radius 2 is 2.03 bits per heavy atom. The predicted octanol–water partition coefficient (Wildman–Crippen LogP) is 4.21. The summed E-state index contributed by atoms with van der Waals surface area (Å²) < 4.78 is 44.1. The number of ether oxygens (including phenoxy) is 1. The maximum absolute atomic E-state index is 13.0. The van der Waals surface area contributed by atoms with Crippen molar-refractivity contribution in [2.45, 2.75) is 19.6 Å². The summed E-state index contributed by atoms with van der Waals surface area (Å²) in [6.45, 7) is 2.27. The van der Waals surface area contributed by atoms with Gasteiger partial charge in [-0.15, -0.1) is 0 Å². The van der Waals surface area contributed by atoms with Crippen molar-refractivity contribution in [1.82, 2.24) is 20.3 Å². The first-order valence-electron chi connectivity index (χ1n) is 8.73. The van der Waals surface area contributed by atoms with Gasteiger partial charge in [-0.2, -0.15) is 13.2 Å². The molecule has 0 unspecified atom stereocenters. The number of nitrogens with one attached hydrogen (secondary N) is 3. The fourth-order valence-corrected chi connectivity index (χ4v) is 2.60. The largest absolute Gasteiger partial charge is 0.416 e. The lowest BCUT2D eigenvalue weighted by molar-refractivity contribution is -0.138. The molecule has 7 nitrogen and oxygen atoms in total. The number of halogens is 3. The highest BCUT2D eigenvalue weighted by atomic mass is 19.4. The lowest BCUT2D eigenvalue weighted by Crippen LogP contribution is -2.27. The highest BCUT2D eigenvalue weighted by Gasteiger charge is 2.32. The minimum absolute atomic E-state index is 0.0546. The number of aromatic amines is 1. The number of hydrogen-bond acceptors (Lipinski definition) is 5. The zero-order valence-corrected chi connectivity index (χ0v) is 15.4. The minimum Gasteiger partial charge on any atom is -0.393 e. The third kappa shape index (κ3) is 5.24. The van der Waals surface area contributed by atoms with Crippen LogP contribution in [0.25, 0.3) is 11.3 Å². The normalized spacial score (nSPS) is 11.2. The molecule has 0 fully saturated rings. The maximum atomic E-state index is 13.0. The Hall–Kier alpha value is -3.56. The van der Waals surface area contributed by atoms with Gasteiger partial charge in [-0.05, 0) is 24.6 Å². The van der Waals surface area contributed by atoms with Gasteiger partial charge in [-0.1, -0.05) is 18.2 Å². The Labute approximate surface area is 164 Å². The van der Waals surface area contributed by atoms with E-state index in [-0.39, 0.29) is 18.0 Å². The Kier molecular flexibility index (Phi) is 6.01. The molecule has 1 amide bonds. The van der Waals surface area contributed by atoms with E-state index in [2.05, 4.69) is 25.6 Å². The van der Waals surface area contributed by atoms with Crippen LogP contribution < -0.4 is 15.4 Å². The average molecular weight is 405 g/mol. The van der Waals surface area contributed by atoms with E-state index in [4.69, 9.17) is 4.74 Å². The molecular formula is C19H18F3N5O2. The zero-order valence-electron chi connectivity index (χ0n) is 15.4. The summed E-state index contributed by atoms with van der Waals surface area (Å²) in [6, 6.07) is 8.27. The van der Waals surface area contributed by atoms with Gasteiger partial charge < -0.3 is 20.4 Å². The number of benzene rings is 1. The second-order valence-corrected chi connectivity index (χ2v) is 5.95.